The average molecular weight is 302 g/mol. The second-order valence-electron chi connectivity index (χ2n) is 5.67. The molecule has 0 fully saturated rings. The summed E-state index contributed by atoms with van der Waals surface area (Å²) in [5.41, 5.74) is 0.905. The highest BCUT2D eigenvalue weighted by Crippen LogP contribution is 2.22. The van der Waals surface area contributed by atoms with Crippen molar-refractivity contribution in [1.82, 2.24) is 10.2 Å². The molecule has 0 unspecified atom stereocenters. The van der Waals surface area contributed by atoms with Crippen LogP contribution in [0, 0.1) is 0 Å². The molecule has 0 aliphatic carbocycles. The van der Waals surface area contributed by atoms with E-state index in [0.29, 0.717) is 24.0 Å². The van der Waals surface area contributed by atoms with Gasteiger partial charge < -0.3 is 5.32 Å². The molecule has 0 spiro atoms. The first-order valence-corrected chi connectivity index (χ1v) is 7.79. The minimum absolute atomic E-state index is 0.0300. The molecule has 0 aromatic heterocycles. The number of benzene rings is 1. The van der Waals surface area contributed by atoms with Crippen molar-refractivity contribution in [3.8, 4) is 0 Å². The molecule has 118 valence electrons. The van der Waals surface area contributed by atoms with Gasteiger partial charge in [-0.25, -0.2) is 0 Å². The van der Waals surface area contributed by atoms with Crippen LogP contribution in [-0.4, -0.2) is 35.2 Å². The molecule has 1 aromatic carbocycles. The predicted molar refractivity (Wildman–Crippen MR) is 83.6 cm³/mol. The summed E-state index contributed by atoms with van der Waals surface area (Å²) in [5.74, 6) is -0.557. The topological polar surface area (TPSA) is 66.5 Å². The molecule has 5 heteroatoms. The highest BCUT2D eigenvalue weighted by molar-refractivity contribution is 6.21. The summed E-state index contributed by atoms with van der Waals surface area (Å²) in [7, 11) is 0. The van der Waals surface area contributed by atoms with E-state index in [1.54, 1.807) is 24.3 Å². The number of amides is 3. The number of carbonyl (C=O) groups is 3. The van der Waals surface area contributed by atoms with Gasteiger partial charge in [-0.3, -0.25) is 19.3 Å². The van der Waals surface area contributed by atoms with E-state index < -0.39 is 0 Å². The van der Waals surface area contributed by atoms with Crippen molar-refractivity contribution >= 4 is 17.7 Å². The van der Waals surface area contributed by atoms with Gasteiger partial charge in [0.05, 0.1) is 11.1 Å². The minimum Gasteiger partial charge on any atom is -0.354 e. The number of nitrogens with one attached hydrogen (secondary N) is 1. The van der Waals surface area contributed by atoms with Crippen LogP contribution in [0.25, 0.3) is 0 Å². The Kier molecular flexibility index (Phi) is 5.31. The monoisotopic (exact) mass is 302 g/mol. The molecule has 1 N–H and O–H groups in total. The summed E-state index contributed by atoms with van der Waals surface area (Å²) < 4.78 is 0. The Bertz CT molecular complexity index is 548. The van der Waals surface area contributed by atoms with Gasteiger partial charge in [-0.1, -0.05) is 25.5 Å². The van der Waals surface area contributed by atoms with Crippen molar-refractivity contribution in [3.05, 3.63) is 35.4 Å². The van der Waals surface area contributed by atoms with Gasteiger partial charge in [-0.05, 0) is 31.9 Å². The van der Waals surface area contributed by atoms with Gasteiger partial charge in [0.15, 0.2) is 0 Å². The van der Waals surface area contributed by atoms with Crippen molar-refractivity contribution in [1.29, 1.82) is 0 Å². The number of hydrogen-bond donors (Lipinski definition) is 1. The fraction of sp³-hybridized carbons (Fsp3) is 0.471. The van der Waals surface area contributed by atoms with E-state index in [-0.39, 0.29) is 30.3 Å². The van der Waals surface area contributed by atoms with E-state index in [2.05, 4.69) is 12.2 Å². The lowest BCUT2D eigenvalue weighted by molar-refractivity contribution is -0.121. The highest BCUT2D eigenvalue weighted by atomic mass is 16.2. The maximum absolute atomic E-state index is 12.2. The Hall–Kier alpha value is -2.17. The highest BCUT2D eigenvalue weighted by Gasteiger charge is 2.34. The third-order valence-corrected chi connectivity index (χ3v) is 3.79. The molecular formula is C17H22N2O3. The fourth-order valence-electron chi connectivity index (χ4n) is 2.69. The molecule has 1 aliphatic heterocycles. The quantitative estimate of drug-likeness (QED) is 0.786. The smallest absolute Gasteiger partial charge is 0.261 e. The lowest BCUT2D eigenvalue weighted by atomic mass is 10.1. The van der Waals surface area contributed by atoms with Crippen molar-refractivity contribution in [2.75, 3.05) is 6.54 Å². The third-order valence-electron chi connectivity index (χ3n) is 3.79. The van der Waals surface area contributed by atoms with Crippen LogP contribution in [0.5, 0.6) is 0 Å². The van der Waals surface area contributed by atoms with Crippen LogP contribution >= 0.6 is 0 Å². The summed E-state index contributed by atoms with van der Waals surface area (Å²) in [6, 6.07) is 6.98. The lowest BCUT2D eigenvalue weighted by Gasteiger charge is -2.15. The first kappa shape index (κ1) is 16.2. The van der Waals surface area contributed by atoms with Crippen LogP contribution in [0.2, 0.25) is 0 Å². The molecule has 0 radical (unpaired) electrons. The molecule has 1 aromatic rings. The van der Waals surface area contributed by atoms with E-state index >= 15 is 0 Å². The molecule has 0 saturated heterocycles. The van der Waals surface area contributed by atoms with Gasteiger partial charge in [-0.2, -0.15) is 0 Å². The Morgan fingerprint density at radius 2 is 1.77 bits per heavy atom. The second-order valence-corrected chi connectivity index (χ2v) is 5.67. The second kappa shape index (κ2) is 7.20. The van der Waals surface area contributed by atoms with E-state index in [4.69, 9.17) is 0 Å². The van der Waals surface area contributed by atoms with Crippen LogP contribution in [0.4, 0.5) is 0 Å². The number of rotatable bonds is 7. The summed E-state index contributed by atoms with van der Waals surface area (Å²) in [5, 5.41) is 2.92. The molecule has 22 heavy (non-hydrogen) atoms. The number of hydrogen-bond acceptors (Lipinski definition) is 3. The molecule has 3 amide bonds. The van der Waals surface area contributed by atoms with E-state index in [0.717, 1.165) is 12.8 Å². The van der Waals surface area contributed by atoms with Crippen LogP contribution < -0.4 is 5.32 Å². The molecular weight excluding hydrogens is 280 g/mol. The maximum Gasteiger partial charge on any atom is 0.261 e. The number of nitrogens with zero attached hydrogens (tertiary/aromatic N) is 1. The molecule has 1 atom stereocenters. The van der Waals surface area contributed by atoms with Crippen molar-refractivity contribution in [2.45, 2.75) is 45.6 Å². The van der Waals surface area contributed by atoms with Gasteiger partial charge in [0.25, 0.3) is 11.8 Å². The van der Waals surface area contributed by atoms with Crippen molar-refractivity contribution < 1.29 is 14.4 Å². The zero-order valence-corrected chi connectivity index (χ0v) is 13.1. The molecule has 0 saturated carbocycles. The third kappa shape index (κ3) is 3.53. The van der Waals surface area contributed by atoms with E-state index in [1.807, 2.05) is 6.92 Å². The SMILES string of the molecule is CCC[C@@H](C)NC(=O)CCCN1C(=O)c2ccccc2C1=O. The lowest BCUT2D eigenvalue weighted by Crippen LogP contribution is -2.34. The normalized spacial score (nSPS) is 14.9. The van der Waals surface area contributed by atoms with Gasteiger partial charge in [0, 0.05) is 19.0 Å². The van der Waals surface area contributed by atoms with Crippen LogP contribution in [-0.2, 0) is 4.79 Å². The van der Waals surface area contributed by atoms with Gasteiger partial charge in [-0.15, -0.1) is 0 Å². The predicted octanol–water partition coefficient (Wildman–Crippen LogP) is 2.37. The van der Waals surface area contributed by atoms with Gasteiger partial charge >= 0.3 is 0 Å². The van der Waals surface area contributed by atoms with Crippen LogP contribution in [0.1, 0.15) is 60.2 Å². The molecule has 0 bridgehead atoms. The van der Waals surface area contributed by atoms with Crippen LogP contribution in [0.3, 0.4) is 0 Å². The van der Waals surface area contributed by atoms with Gasteiger partial charge in [0.2, 0.25) is 5.91 Å². The van der Waals surface area contributed by atoms with Crippen LogP contribution in [0.15, 0.2) is 24.3 Å². The minimum atomic E-state index is -0.264. The number of fused-ring (bicyclic) bond motifs is 1. The standard InChI is InChI=1S/C17H22N2O3/c1-3-7-12(2)18-15(20)10-6-11-19-16(21)13-8-4-5-9-14(13)17(19)22/h4-5,8-9,12H,3,6-7,10-11H2,1-2H3,(H,18,20)/t12-/m1/s1. The fourth-order valence-corrected chi connectivity index (χ4v) is 2.69. The first-order valence-electron chi connectivity index (χ1n) is 7.79. The Balaban J connectivity index is 1.83. The zero-order chi connectivity index (χ0) is 16.1. The van der Waals surface area contributed by atoms with Gasteiger partial charge in [0.1, 0.15) is 0 Å². The van der Waals surface area contributed by atoms with E-state index in [9.17, 15) is 14.4 Å². The summed E-state index contributed by atoms with van der Waals surface area (Å²) >= 11 is 0. The summed E-state index contributed by atoms with van der Waals surface area (Å²) in [6.07, 6.45) is 2.78. The largest absolute Gasteiger partial charge is 0.354 e. The summed E-state index contributed by atoms with van der Waals surface area (Å²) in [6.45, 7) is 4.33. The molecule has 1 heterocycles. The van der Waals surface area contributed by atoms with Crippen molar-refractivity contribution in [2.24, 2.45) is 0 Å². The molecule has 2 rings (SSSR count). The summed E-state index contributed by atoms with van der Waals surface area (Å²) in [4.78, 5) is 37.3. The first-order chi connectivity index (χ1) is 10.5. The molecule has 1 aliphatic rings. The Morgan fingerprint density at radius 1 is 1.18 bits per heavy atom. The van der Waals surface area contributed by atoms with E-state index in [1.165, 1.54) is 4.90 Å². The zero-order valence-electron chi connectivity index (χ0n) is 13.1. The Labute approximate surface area is 130 Å². The van der Waals surface area contributed by atoms with Crippen molar-refractivity contribution in [3.63, 3.8) is 0 Å². The number of carbonyl (C=O) groups excluding carboxylic acids is 3. The number of imide groups is 1. The molecule has 5 nitrogen and oxygen atoms in total. The maximum atomic E-state index is 12.2. The Morgan fingerprint density at radius 3 is 2.32 bits per heavy atom. The average Bonchev–Trinajstić information content (AvgIpc) is 2.73.